The molecule has 1 rings (SSSR count). The molecule has 0 saturated carbocycles. The smallest absolute Gasteiger partial charge is 0.384 e. The minimum absolute atomic E-state index is 0.0744. The van der Waals surface area contributed by atoms with Gasteiger partial charge in [0.15, 0.2) is 0 Å². The summed E-state index contributed by atoms with van der Waals surface area (Å²) in [5.41, 5.74) is -0.859. The molecule has 0 aromatic heterocycles. The first-order valence-corrected chi connectivity index (χ1v) is 4.78. The van der Waals surface area contributed by atoms with Gasteiger partial charge in [0.2, 0.25) is 0 Å². The van der Waals surface area contributed by atoms with Crippen molar-refractivity contribution in [2.75, 3.05) is 6.61 Å². The molecular formula is C10H5Cl2F3O. The average molecular weight is 269 g/mol. The van der Waals surface area contributed by atoms with E-state index >= 15 is 0 Å². The maximum atomic E-state index is 12.3. The summed E-state index contributed by atoms with van der Waals surface area (Å²) in [6.45, 7) is -0.423. The zero-order chi connectivity index (χ0) is 12.3. The number of aliphatic hydroxyl groups excluding tert-OH is 1. The molecule has 1 aromatic carbocycles. The minimum atomic E-state index is -4.50. The number of benzene rings is 1. The summed E-state index contributed by atoms with van der Waals surface area (Å²) in [7, 11) is 0. The topological polar surface area (TPSA) is 20.2 Å². The number of hydrogen-bond donors (Lipinski definition) is 1. The second-order valence-electron chi connectivity index (χ2n) is 2.77. The van der Waals surface area contributed by atoms with Crippen LogP contribution in [0.15, 0.2) is 12.1 Å². The first kappa shape index (κ1) is 13.2. The van der Waals surface area contributed by atoms with Gasteiger partial charge in [-0.15, -0.1) is 0 Å². The van der Waals surface area contributed by atoms with E-state index in [9.17, 15) is 13.2 Å². The van der Waals surface area contributed by atoms with Crippen molar-refractivity contribution in [3.05, 3.63) is 33.3 Å². The third kappa shape index (κ3) is 3.05. The van der Waals surface area contributed by atoms with Crippen LogP contribution in [0.5, 0.6) is 0 Å². The number of halogens is 5. The molecule has 0 unspecified atom stereocenters. The second-order valence-corrected chi connectivity index (χ2v) is 3.59. The van der Waals surface area contributed by atoms with Gasteiger partial charge in [-0.3, -0.25) is 0 Å². The van der Waals surface area contributed by atoms with Crippen LogP contribution in [0.2, 0.25) is 10.0 Å². The lowest BCUT2D eigenvalue weighted by Crippen LogP contribution is -2.05. The van der Waals surface area contributed by atoms with Gasteiger partial charge in [0.05, 0.1) is 21.2 Å². The van der Waals surface area contributed by atoms with Crippen LogP contribution in [-0.4, -0.2) is 11.7 Å². The Morgan fingerprint density at radius 2 is 1.69 bits per heavy atom. The molecule has 0 heterocycles. The van der Waals surface area contributed by atoms with E-state index in [1.165, 1.54) is 0 Å². The van der Waals surface area contributed by atoms with Gasteiger partial charge in [0.25, 0.3) is 0 Å². The molecule has 16 heavy (non-hydrogen) atoms. The van der Waals surface area contributed by atoms with E-state index in [2.05, 4.69) is 11.8 Å². The van der Waals surface area contributed by atoms with Crippen LogP contribution in [0.1, 0.15) is 11.1 Å². The Balaban J connectivity index is 3.28. The molecule has 0 aliphatic heterocycles. The quantitative estimate of drug-likeness (QED) is 0.716. The van der Waals surface area contributed by atoms with E-state index in [1.54, 1.807) is 0 Å². The fourth-order valence-corrected chi connectivity index (χ4v) is 1.57. The van der Waals surface area contributed by atoms with Crippen LogP contribution in [0.25, 0.3) is 0 Å². The third-order valence-electron chi connectivity index (χ3n) is 1.66. The van der Waals surface area contributed by atoms with E-state index in [1.807, 2.05) is 0 Å². The molecule has 6 heteroatoms. The van der Waals surface area contributed by atoms with Crippen molar-refractivity contribution in [2.45, 2.75) is 6.18 Å². The van der Waals surface area contributed by atoms with Gasteiger partial charge in [-0.05, 0) is 12.1 Å². The first-order valence-electron chi connectivity index (χ1n) is 4.02. The Morgan fingerprint density at radius 1 is 1.19 bits per heavy atom. The van der Waals surface area contributed by atoms with Crippen molar-refractivity contribution in [1.29, 1.82) is 0 Å². The lowest BCUT2D eigenvalue weighted by molar-refractivity contribution is -0.137. The molecule has 0 atom stereocenters. The number of alkyl halides is 3. The molecule has 1 nitrogen and oxygen atoms in total. The van der Waals surface area contributed by atoms with Gasteiger partial charge in [-0.1, -0.05) is 35.0 Å². The molecule has 1 N–H and O–H groups in total. The van der Waals surface area contributed by atoms with Crippen LogP contribution in [0.3, 0.4) is 0 Å². The summed E-state index contributed by atoms with van der Waals surface area (Å²) in [6, 6.07) is 1.49. The SMILES string of the molecule is OCC#Cc1c(Cl)cc(C(F)(F)F)cc1Cl. The summed E-state index contributed by atoms with van der Waals surface area (Å²) in [4.78, 5) is 0. The lowest BCUT2D eigenvalue weighted by atomic mass is 10.1. The second kappa shape index (κ2) is 4.96. The van der Waals surface area contributed by atoms with Gasteiger partial charge in [-0.2, -0.15) is 13.2 Å². The third-order valence-corrected chi connectivity index (χ3v) is 2.26. The number of rotatable bonds is 0. The van der Waals surface area contributed by atoms with Gasteiger partial charge < -0.3 is 5.11 Å². The Morgan fingerprint density at radius 3 is 2.06 bits per heavy atom. The molecule has 0 bridgehead atoms. The lowest BCUT2D eigenvalue weighted by Gasteiger charge is -2.09. The summed E-state index contributed by atoms with van der Waals surface area (Å²) in [5, 5.41) is 8.07. The van der Waals surface area contributed by atoms with Crippen molar-refractivity contribution in [3.8, 4) is 11.8 Å². The molecule has 0 saturated heterocycles. The normalized spacial score (nSPS) is 10.9. The molecule has 0 spiro atoms. The summed E-state index contributed by atoms with van der Waals surface area (Å²) >= 11 is 11.2. The van der Waals surface area contributed by atoms with Crippen molar-refractivity contribution < 1.29 is 18.3 Å². The van der Waals surface area contributed by atoms with Crippen LogP contribution in [0.4, 0.5) is 13.2 Å². The molecule has 86 valence electrons. The highest BCUT2D eigenvalue weighted by Crippen LogP contribution is 2.35. The summed E-state index contributed by atoms with van der Waals surface area (Å²) in [5.74, 6) is 4.64. The van der Waals surface area contributed by atoms with Crippen molar-refractivity contribution >= 4 is 23.2 Å². The van der Waals surface area contributed by atoms with Crippen LogP contribution >= 0.6 is 23.2 Å². The van der Waals surface area contributed by atoms with E-state index < -0.39 is 18.3 Å². The van der Waals surface area contributed by atoms with Gasteiger partial charge in [0.1, 0.15) is 6.61 Å². The fraction of sp³-hybridized carbons (Fsp3) is 0.200. The Hall–Kier alpha value is -0.890. The van der Waals surface area contributed by atoms with E-state index in [4.69, 9.17) is 28.3 Å². The largest absolute Gasteiger partial charge is 0.416 e. The number of hydrogen-bond acceptors (Lipinski definition) is 1. The van der Waals surface area contributed by atoms with Crippen LogP contribution < -0.4 is 0 Å². The predicted octanol–water partition coefficient (Wildman–Crippen LogP) is 3.36. The van der Waals surface area contributed by atoms with E-state index in [-0.39, 0.29) is 15.6 Å². The van der Waals surface area contributed by atoms with Gasteiger partial charge in [0, 0.05) is 0 Å². The highest BCUT2D eigenvalue weighted by molar-refractivity contribution is 6.36. The maximum absolute atomic E-state index is 12.3. The van der Waals surface area contributed by atoms with Gasteiger partial charge in [-0.25, -0.2) is 0 Å². The van der Waals surface area contributed by atoms with Crippen LogP contribution in [0, 0.1) is 11.8 Å². The predicted molar refractivity (Wildman–Crippen MR) is 55.4 cm³/mol. The Bertz CT molecular complexity index is 434. The zero-order valence-corrected chi connectivity index (χ0v) is 9.21. The van der Waals surface area contributed by atoms with Crippen molar-refractivity contribution in [3.63, 3.8) is 0 Å². The highest BCUT2D eigenvalue weighted by atomic mass is 35.5. The summed E-state index contributed by atoms with van der Waals surface area (Å²) < 4.78 is 37.0. The molecular weight excluding hydrogens is 264 g/mol. The monoisotopic (exact) mass is 268 g/mol. The molecule has 0 aliphatic carbocycles. The fourth-order valence-electron chi connectivity index (χ4n) is 0.984. The maximum Gasteiger partial charge on any atom is 0.416 e. The van der Waals surface area contributed by atoms with E-state index in [0.29, 0.717) is 0 Å². The zero-order valence-electron chi connectivity index (χ0n) is 7.70. The number of aliphatic hydroxyl groups is 1. The summed E-state index contributed by atoms with van der Waals surface area (Å²) in [6.07, 6.45) is -4.50. The molecule has 0 fully saturated rings. The van der Waals surface area contributed by atoms with Crippen molar-refractivity contribution in [2.24, 2.45) is 0 Å². The van der Waals surface area contributed by atoms with E-state index in [0.717, 1.165) is 12.1 Å². The molecule has 0 aliphatic rings. The van der Waals surface area contributed by atoms with Gasteiger partial charge >= 0.3 is 6.18 Å². The Labute approximate surface area is 99.8 Å². The standard InChI is InChI=1S/C10H5Cl2F3O/c11-8-4-6(10(13,14)15)5-9(12)7(8)2-1-3-16/h4-5,16H,3H2. The average Bonchev–Trinajstić information content (AvgIpc) is 2.15. The minimum Gasteiger partial charge on any atom is -0.384 e. The molecule has 0 radical (unpaired) electrons. The molecule has 1 aromatic rings. The van der Waals surface area contributed by atoms with Crippen LogP contribution in [-0.2, 0) is 6.18 Å². The Kier molecular flexibility index (Phi) is 4.09. The molecule has 0 amide bonds. The highest BCUT2D eigenvalue weighted by Gasteiger charge is 2.31. The first-order chi connectivity index (χ1) is 7.36. The van der Waals surface area contributed by atoms with Crippen molar-refractivity contribution in [1.82, 2.24) is 0 Å².